The molecule has 6 heteroatoms. The van der Waals surface area contributed by atoms with Crippen LogP contribution >= 0.6 is 11.6 Å². The Bertz CT molecular complexity index is 338. The van der Waals surface area contributed by atoms with Gasteiger partial charge in [0.25, 0.3) is 0 Å². The van der Waals surface area contributed by atoms with E-state index in [0.29, 0.717) is 24.3 Å². The van der Waals surface area contributed by atoms with Gasteiger partial charge in [-0.2, -0.15) is 0 Å². The lowest BCUT2D eigenvalue weighted by Gasteiger charge is -2.31. The molecule has 1 aliphatic rings. The first-order chi connectivity index (χ1) is 8.29. The van der Waals surface area contributed by atoms with Crippen LogP contribution in [0.5, 0.6) is 0 Å². The lowest BCUT2D eigenvalue weighted by molar-refractivity contribution is 0.0420. The first-order valence-corrected chi connectivity index (χ1v) is 6.21. The molecule has 0 aliphatic carbocycles. The summed E-state index contributed by atoms with van der Waals surface area (Å²) in [7, 11) is 0. The lowest BCUT2D eigenvalue weighted by Crippen LogP contribution is -2.38. The second-order valence-electron chi connectivity index (χ2n) is 4.05. The van der Waals surface area contributed by atoms with Crippen LogP contribution in [0.1, 0.15) is 12.8 Å². The fraction of sp³-hybridized carbons (Fsp3) is 0.636. The van der Waals surface area contributed by atoms with Gasteiger partial charge >= 0.3 is 0 Å². The van der Waals surface area contributed by atoms with Crippen LogP contribution in [0, 0.1) is 0 Å². The number of halogens is 1. The zero-order chi connectivity index (χ0) is 12.1. The topological polar surface area (TPSA) is 64.3 Å². The van der Waals surface area contributed by atoms with Crippen LogP contribution < -0.4 is 10.6 Å². The predicted octanol–water partition coefficient (Wildman–Crippen LogP) is 1.07. The molecule has 0 radical (unpaired) electrons. The highest BCUT2D eigenvalue weighted by Gasteiger charge is 2.20. The fourth-order valence-electron chi connectivity index (χ4n) is 1.93. The highest BCUT2D eigenvalue weighted by Crippen LogP contribution is 2.18. The number of nitrogens with zero attached hydrogens (tertiary/aromatic N) is 3. The highest BCUT2D eigenvalue weighted by molar-refractivity contribution is 6.30. The van der Waals surface area contributed by atoms with Crippen molar-refractivity contribution in [3.8, 4) is 0 Å². The molecule has 0 bridgehead atoms. The van der Waals surface area contributed by atoms with Crippen LogP contribution in [-0.4, -0.2) is 42.3 Å². The second-order valence-corrected chi connectivity index (χ2v) is 4.48. The summed E-state index contributed by atoms with van der Waals surface area (Å²) in [6, 6.07) is 0. The van der Waals surface area contributed by atoms with E-state index in [1.165, 1.54) is 0 Å². The average molecular weight is 257 g/mol. The smallest absolute Gasteiger partial charge is 0.225 e. The molecule has 1 aliphatic heterocycles. The molecule has 0 atom stereocenters. The van der Waals surface area contributed by atoms with Crippen molar-refractivity contribution in [2.45, 2.75) is 18.9 Å². The van der Waals surface area contributed by atoms with E-state index in [0.717, 1.165) is 31.9 Å². The minimum Gasteiger partial charge on any atom is -0.377 e. The Morgan fingerprint density at radius 2 is 2.00 bits per heavy atom. The van der Waals surface area contributed by atoms with Crippen molar-refractivity contribution in [1.82, 2.24) is 9.97 Å². The van der Waals surface area contributed by atoms with Crippen molar-refractivity contribution in [1.29, 1.82) is 0 Å². The number of piperidine rings is 1. The van der Waals surface area contributed by atoms with Gasteiger partial charge in [-0.25, -0.2) is 9.97 Å². The van der Waals surface area contributed by atoms with Crippen molar-refractivity contribution in [3.05, 3.63) is 17.4 Å². The largest absolute Gasteiger partial charge is 0.377 e. The van der Waals surface area contributed by atoms with Crippen LogP contribution in [0.25, 0.3) is 0 Å². The molecule has 0 aromatic carbocycles. The van der Waals surface area contributed by atoms with Gasteiger partial charge in [-0.15, -0.1) is 0 Å². The summed E-state index contributed by atoms with van der Waals surface area (Å²) in [6.07, 6.45) is 5.56. The van der Waals surface area contributed by atoms with Crippen LogP contribution in [0.3, 0.4) is 0 Å². The van der Waals surface area contributed by atoms with E-state index in [1.54, 1.807) is 12.4 Å². The minimum absolute atomic E-state index is 0.321. The van der Waals surface area contributed by atoms with E-state index >= 15 is 0 Å². The number of hydrogen-bond acceptors (Lipinski definition) is 5. The van der Waals surface area contributed by atoms with E-state index in [2.05, 4.69) is 14.9 Å². The quantitative estimate of drug-likeness (QED) is 0.873. The summed E-state index contributed by atoms with van der Waals surface area (Å²) in [5.74, 6) is 0.742. The molecule has 1 aromatic heterocycles. The molecule has 17 heavy (non-hydrogen) atoms. The molecule has 0 saturated carbocycles. The number of rotatable bonds is 4. The van der Waals surface area contributed by atoms with E-state index in [-0.39, 0.29) is 0 Å². The third kappa shape index (κ3) is 3.52. The molecule has 0 spiro atoms. The molecule has 2 N–H and O–H groups in total. The van der Waals surface area contributed by atoms with Crippen molar-refractivity contribution in [3.63, 3.8) is 0 Å². The summed E-state index contributed by atoms with van der Waals surface area (Å²) in [4.78, 5) is 10.6. The summed E-state index contributed by atoms with van der Waals surface area (Å²) in [6.45, 7) is 3.05. The molecule has 1 aromatic rings. The number of aromatic nitrogens is 2. The SMILES string of the molecule is NCCOC1CCN(c2ncc(Cl)cn2)CC1. The highest BCUT2D eigenvalue weighted by atomic mass is 35.5. The van der Waals surface area contributed by atoms with Crippen molar-refractivity contribution >= 4 is 17.5 Å². The van der Waals surface area contributed by atoms with Gasteiger partial charge < -0.3 is 15.4 Å². The van der Waals surface area contributed by atoms with Crippen molar-refractivity contribution in [2.75, 3.05) is 31.1 Å². The molecule has 0 unspecified atom stereocenters. The summed E-state index contributed by atoms with van der Waals surface area (Å²) < 4.78 is 5.62. The van der Waals surface area contributed by atoms with Gasteiger partial charge in [0.05, 0.1) is 30.1 Å². The third-order valence-corrected chi connectivity index (χ3v) is 3.00. The Labute approximate surface area is 106 Å². The fourth-order valence-corrected chi connectivity index (χ4v) is 2.02. The first-order valence-electron chi connectivity index (χ1n) is 5.84. The van der Waals surface area contributed by atoms with Gasteiger partial charge in [-0.3, -0.25) is 0 Å². The Morgan fingerprint density at radius 1 is 1.35 bits per heavy atom. The second kappa shape index (κ2) is 6.14. The number of anilines is 1. The standard InChI is InChI=1S/C11H17ClN4O/c12-9-7-14-11(15-8-9)16-4-1-10(2-5-16)17-6-3-13/h7-8,10H,1-6,13H2. The van der Waals surface area contributed by atoms with Gasteiger partial charge in [-0.05, 0) is 12.8 Å². The molecule has 1 saturated heterocycles. The number of nitrogens with two attached hydrogens (primary N) is 1. The number of hydrogen-bond donors (Lipinski definition) is 1. The zero-order valence-electron chi connectivity index (χ0n) is 9.68. The molecule has 94 valence electrons. The van der Waals surface area contributed by atoms with E-state index < -0.39 is 0 Å². The van der Waals surface area contributed by atoms with Crippen molar-refractivity contribution < 1.29 is 4.74 Å². The van der Waals surface area contributed by atoms with E-state index in [9.17, 15) is 0 Å². The number of ether oxygens (including phenoxy) is 1. The summed E-state index contributed by atoms with van der Waals surface area (Å²) >= 11 is 5.76. The van der Waals surface area contributed by atoms with Gasteiger partial charge in [0.15, 0.2) is 0 Å². The molecular weight excluding hydrogens is 240 g/mol. The van der Waals surface area contributed by atoms with Crippen LogP contribution in [0.2, 0.25) is 5.02 Å². The van der Waals surface area contributed by atoms with Crippen LogP contribution in [0.15, 0.2) is 12.4 Å². The molecule has 2 rings (SSSR count). The maximum atomic E-state index is 5.76. The zero-order valence-corrected chi connectivity index (χ0v) is 10.4. The molecule has 5 nitrogen and oxygen atoms in total. The molecule has 0 amide bonds. The lowest BCUT2D eigenvalue weighted by atomic mass is 10.1. The maximum Gasteiger partial charge on any atom is 0.225 e. The molecular formula is C11H17ClN4O. The van der Waals surface area contributed by atoms with Crippen molar-refractivity contribution in [2.24, 2.45) is 5.73 Å². The Kier molecular flexibility index (Phi) is 4.53. The Hall–Kier alpha value is -0.910. The normalized spacial score (nSPS) is 17.4. The maximum absolute atomic E-state index is 5.76. The van der Waals surface area contributed by atoms with Gasteiger partial charge in [0, 0.05) is 19.6 Å². The van der Waals surface area contributed by atoms with Gasteiger partial charge in [-0.1, -0.05) is 11.6 Å². The molecule has 2 heterocycles. The van der Waals surface area contributed by atoms with E-state index in [4.69, 9.17) is 22.1 Å². The van der Waals surface area contributed by atoms with E-state index in [1.807, 2.05) is 0 Å². The first kappa shape index (κ1) is 12.5. The van der Waals surface area contributed by atoms with Crippen LogP contribution in [-0.2, 0) is 4.74 Å². The Morgan fingerprint density at radius 3 is 2.59 bits per heavy atom. The summed E-state index contributed by atoms with van der Waals surface area (Å²) in [5.41, 5.74) is 5.41. The monoisotopic (exact) mass is 256 g/mol. The average Bonchev–Trinajstić information content (AvgIpc) is 2.38. The van der Waals surface area contributed by atoms with Gasteiger partial charge in [0.2, 0.25) is 5.95 Å². The van der Waals surface area contributed by atoms with Gasteiger partial charge in [0.1, 0.15) is 0 Å². The molecule has 1 fully saturated rings. The summed E-state index contributed by atoms with van der Waals surface area (Å²) in [5, 5.41) is 0.565. The minimum atomic E-state index is 0.321. The van der Waals surface area contributed by atoms with Crippen LogP contribution in [0.4, 0.5) is 5.95 Å². The third-order valence-electron chi connectivity index (χ3n) is 2.80. The predicted molar refractivity (Wildman–Crippen MR) is 67.3 cm³/mol. The Balaban J connectivity index is 1.84.